The lowest BCUT2D eigenvalue weighted by molar-refractivity contribution is 0.401. The van der Waals surface area contributed by atoms with Gasteiger partial charge in [-0.25, -0.2) is 0 Å². The molecule has 5 aromatic rings. The maximum absolute atomic E-state index is 10.0. The van der Waals surface area contributed by atoms with E-state index in [0.29, 0.717) is 96.1 Å². The fourth-order valence-electron chi connectivity index (χ4n) is 5.38. The molecule has 0 amide bonds. The lowest BCUT2D eigenvalue weighted by atomic mass is 10.0. The molecule has 0 bridgehead atoms. The molecule has 0 aliphatic rings. The average molecular weight is 744 g/mol. The summed E-state index contributed by atoms with van der Waals surface area (Å²) >= 11 is 0. The highest BCUT2D eigenvalue weighted by molar-refractivity contribution is 5.64. The van der Waals surface area contributed by atoms with E-state index in [4.69, 9.17) is 37.9 Å². The van der Waals surface area contributed by atoms with Crippen molar-refractivity contribution < 1.29 is 37.9 Å². The molecule has 0 saturated heterocycles. The lowest BCUT2D eigenvalue weighted by Gasteiger charge is -2.09. The van der Waals surface area contributed by atoms with Crippen molar-refractivity contribution in [3.05, 3.63) is 129 Å². The van der Waals surface area contributed by atoms with Gasteiger partial charge in [0.25, 0.3) is 0 Å². The Balaban J connectivity index is 1.43. The Kier molecular flexibility index (Phi) is 13.3. The molecule has 9 nitrogen and oxygen atoms in total. The van der Waals surface area contributed by atoms with Gasteiger partial charge in [0.2, 0.25) is 0 Å². The average Bonchev–Trinajstić information content (AvgIpc) is 3.25. The fourth-order valence-corrected chi connectivity index (χ4v) is 5.38. The lowest BCUT2D eigenvalue weighted by Crippen LogP contribution is -1.95. The second-order valence-electron chi connectivity index (χ2n) is 11.5. The minimum absolute atomic E-state index is 0.355. The molecule has 0 radical (unpaired) electrons. The minimum atomic E-state index is 0.355. The van der Waals surface area contributed by atoms with Crippen LogP contribution in [-0.2, 0) is 0 Å². The van der Waals surface area contributed by atoms with Crippen LogP contribution in [0.25, 0.3) is 0 Å². The summed E-state index contributed by atoms with van der Waals surface area (Å²) in [4.78, 5) is 0. The van der Waals surface area contributed by atoms with Crippen molar-refractivity contribution in [1.82, 2.24) is 0 Å². The third-order valence-electron chi connectivity index (χ3n) is 8.33. The zero-order chi connectivity index (χ0) is 40.0. The van der Waals surface area contributed by atoms with Crippen LogP contribution >= 0.6 is 0 Å². The monoisotopic (exact) mass is 743 g/mol. The molecule has 0 aromatic heterocycles. The van der Waals surface area contributed by atoms with Gasteiger partial charge < -0.3 is 37.9 Å². The van der Waals surface area contributed by atoms with Crippen molar-refractivity contribution in [2.24, 2.45) is 0 Å². The van der Waals surface area contributed by atoms with Crippen molar-refractivity contribution in [1.29, 1.82) is 5.26 Å². The van der Waals surface area contributed by atoms with Crippen LogP contribution in [0.15, 0.2) is 78.9 Å². The predicted octanol–water partition coefficient (Wildman–Crippen LogP) is 7.23. The van der Waals surface area contributed by atoms with E-state index in [-0.39, 0.29) is 0 Å². The quantitative estimate of drug-likeness (QED) is 0.153. The van der Waals surface area contributed by atoms with Crippen molar-refractivity contribution in [2.75, 3.05) is 56.9 Å². The van der Waals surface area contributed by atoms with Crippen LogP contribution in [0.5, 0.6) is 46.0 Å². The number of methoxy groups -OCH3 is 8. The molecule has 56 heavy (non-hydrogen) atoms. The molecule has 0 N–H and O–H groups in total. The first-order valence-corrected chi connectivity index (χ1v) is 16.9. The Labute approximate surface area is 327 Å². The Morgan fingerprint density at radius 2 is 0.643 bits per heavy atom. The van der Waals surface area contributed by atoms with Crippen LogP contribution in [0.3, 0.4) is 0 Å². The molecule has 0 aliphatic carbocycles. The molecule has 0 atom stereocenters. The maximum Gasteiger partial charge on any atom is 0.136 e. The van der Waals surface area contributed by atoms with Gasteiger partial charge in [0.15, 0.2) is 0 Å². The summed E-state index contributed by atoms with van der Waals surface area (Å²) in [5.74, 6) is 29.6. The van der Waals surface area contributed by atoms with Crippen LogP contribution < -0.4 is 37.9 Å². The summed E-state index contributed by atoms with van der Waals surface area (Å²) in [5, 5.41) is 10.0. The minimum Gasteiger partial charge on any atom is -0.497 e. The number of hydrogen-bond donors (Lipinski definition) is 0. The zero-order valence-electron chi connectivity index (χ0n) is 32.2. The highest BCUT2D eigenvalue weighted by atomic mass is 16.5. The molecule has 278 valence electrons. The summed E-state index contributed by atoms with van der Waals surface area (Å²) < 4.78 is 44.2. The number of benzene rings is 5. The fraction of sp³-hybridized carbons (Fsp3) is 0.170. The number of nitriles is 1. The third-order valence-corrected chi connectivity index (χ3v) is 8.33. The van der Waals surface area contributed by atoms with Gasteiger partial charge in [0, 0.05) is 35.4 Å². The van der Waals surface area contributed by atoms with Crippen molar-refractivity contribution >= 4 is 0 Å². The standard InChI is InChI=1S/C47H37NO8/c1-49-40-19-21-42(51-3)33(24-40)15-17-37-28-44(53-5)35(26-45(37)54-6)12-10-31-9-11-32(39(23-31)30-48)13-14-36-27-47(56-8)38(29-46(36)55-7)18-16-34-25-41(50-2)20-22-43(34)52-4/h9,11,19-29H,1-8H3. The van der Waals surface area contributed by atoms with E-state index in [1.807, 2.05) is 0 Å². The Morgan fingerprint density at radius 3 is 0.982 bits per heavy atom. The third kappa shape index (κ3) is 9.23. The van der Waals surface area contributed by atoms with E-state index in [1.54, 1.807) is 136 Å². The summed E-state index contributed by atoms with van der Waals surface area (Å²) in [5.41, 5.74) is 5.10. The van der Waals surface area contributed by atoms with Crippen LogP contribution in [-0.4, -0.2) is 56.9 Å². The van der Waals surface area contributed by atoms with Crippen LogP contribution in [0.1, 0.15) is 50.1 Å². The SMILES string of the molecule is COc1ccc(OC)c(C#Cc2cc(OC)c(C#Cc3ccc(C#Cc4cc(OC)c(C#Cc5cc(OC)ccc5OC)cc4OC)c(C#N)c3)cc2OC)c1. The zero-order valence-corrected chi connectivity index (χ0v) is 32.2. The van der Waals surface area contributed by atoms with Crippen LogP contribution in [0, 0.1) is 58.7 Å². The summed E-state index contributed by atoms with van der Waals surface area (Å²) in [6.45, 7) is 0. The molecule has 5 rings (SSSR count). The van der Waals surface area contributed by atoms with Gasteiger partial charge in [-0.2, -0.15) is 5.26 Å². The van der Waals surface area contributed by atoms with Gasteiger partial charge in [-0.1, -0.05) is 47.4 Å². The van der Waals surface area contributed by atoms with Crippen molar-refractivity contribution in [2.45, 2.75) is 0 Å². The molecule has 0 aliphatic heterocycles. The summed E-state index contributed by atoms with van der Waals surface area (Å²) in [6, 6.07) is 25.3. The molecule has 0 fully saturated rings. The summed E-state index contributed by atoms with van der Waals surface area (Å²) in [6.07, 6.45) is 0. The maximum atomic E-state index is 10.0. The van der Waals surface area contributed by atoms with Gasteiger partial charge in [-0.15, -0.1) is 0 Å². The Morgan fingerprint density at radius 1 is 0.304 bits per heavy atom. The van der Waals surface area contributed by atoms with E-state index < -0.39 is 0 Å². The number of hydrogen-bond acceptors (Lipinski definition) is 9. The number of nitrogens with zero attached hydrogens (tertiary/aromatic N) is 1. The first-order chi connectivity index (χ1) is 27.3. The van der Waals surface area contributed by atoms with Gasteiger partial charge >= 0.3 is 0 Å². The molecule has 0 unspecified atom stereocenters. The van der Waals surface area contributed by atoms with E-state index in [1.165, 1.54) is 0 Å². The van der Waals surface area contributed by atoms with E-state index in [0.717, 1.165) is 0 Å². The molecule has 0 saturated carbocycles. The predicted molar refractivity (Wildman–Crippen MR) is 213 cm³/mol. The Hall–Kier alpha value is -7.77. The highest BCUT2D eigenvalue weighted by Crippen LogP contribution is 2.31. The van der Waals surface area contributed by atoms with Gasteiger partial charge in [0.05, 0.1) is 95.8 Å². The number of ether oxygens (including phenoxy) is 8. The second-order valence-corrected chi connectivity index (χ2v) is 11.5. The molecule has 5 aromatic carbocycles. The molecule has 0 spiro atoms. The van der Waals surface area contributed by atoms with Crippen LogP contribution in [0.2, 0.25) is 0 Å². The van der Waals surface area contributed by atoms with E-state index in [2.05, 4.69) is 53.4 Å². The summed E-state index contributed by atoms with van der Waals surface area (Å²) in [7, 11) is 12.6. The molecule has 9 heteroatoms. The van der Waals surface area contributed by atoms with Crippen molar-refractivity contribution in [3.63, 3.8) is 0 Å². The highest BCUT2D eigenvalue weighted by Gasteiger charge is 2.12. The van der Waals surface area contributed by atoms with Crippen LogP contribution in [0.4, 0.5) is 0 Å². The van der Waals surface area contributed by atoms with E-state index in [9.17, 15) is 5.26 Å². The van der Waals surface area contributed by atoms with E-state index >= 15 is 0 Å². The van der Waals surface area contributed by atoms with Gasteiger partial charge in [0.1, 0.15) is 52.1 Å². The van der Waals surface area contributed by atoms with Crippen molar-refractivity contribution in [3.8, 4) is 99.4 Å². The van der Waals surface area contributed by atoms with Gasteiger partial charge in [-0.05, 0) is 54.6 Å². The smallest absolute Gasteiger partial charge is 0.136 e. The second kappa shape index (κ2) is 18.8. The largest absolute Gasteiger partial charge is 0.497 e. The first-order valence-electron chi connectivity index (χ1n) is 16.9. The normalized spacial score (nSPS) is 9.55. The molecular formula is C47H37NO8. The first kappa shape index (κ1) is 39.4. The van der Waals surface area contributed by atoms with Gasteiger partial charge in [-0.3, -0.25) is 0 Å². The number of rotatable bonds is 8. The topological polar surface area (TPSA) is 97.6 Å². The molecular weight excluding hydrogens is 707 g/mol. The molecule has 0 heterocycles. The Bertz CT molecular complexity index is 2570.